The Balaban J connectivity index is 1.89. The van der Waals surface area contributed by atoms with Crippen molar-refractivity contribution in [2.75, 3.05) is 11.9 Å². The molecule has 124 valence electrons. The van der Waals surface area contributed by atoms with Gasteiger partial charge in [-0.1, -0.05) is 6.92 Å². The van der Waals surface area contributed by atoms with Gasteiger partial charge < -0.3 is 10.1 Å². The van der Waals surface area contributed by atoms with Gasteiger partial charge in [-0.25, -0.2) is 4.98 Å². The van der Waals surface area contributed by atoms with Crippen LogP contribution in [0.25, 0.3) is 0 Å². The lowest BCUT2D eigenvalue weighted by Gasteiger charge is -2.17. The van der Waals surface area contributed by atoms with Crippen molar-refractivity contribution in [1.82, 2.24) is 4.98 Å². The third-order valence-electron chi connectivity index (χ3n) is 4.15. The van der Waals surface area contributed by atoms with Crippen LogP contribution < -0.4 is 10.1 Å². The van der Waals surface area contributed by atoms with Gasteiger partial charge in [0.2, 0.25) is 5.88 Å². The normalized spacial score (nSPS) is 16.1. The first-order valence-corrected chi connectivity index (χ1v) is 8.89. The number of amides is 1. The van der Waals surface area contributed by atoms with Crippen molar-refractivity contribution in [2.45, 2.75) is 33.1 Å². The lowest BCUT2D eigenvalue weighted by molar-refractivity contribution is 0.102. The molecule has 5 nitrogen and oxygen atoms in total. The summed E-state index contributed by atoms with van der Waals surface area (Å²) in [6, 6.07) is 5.64. The average molecular weight is 341 g/mol. The second-order valence-corrected chi connectivity index (χ2v) is 7.02. The fourth-order valence-corrected chi connectivity index (χ4v) is 4.30. The minimum Gasteiger partial charge on any atom is -0.477 e. The van der Waals surface area contributed by atoms with Crippen molar-refractivity contribution in [2.24, 2.45) is 5.92 Å². The molecule has 0 bridgehead atoms. The van der Waals surface area contributed by atoms with Gasteiger partial charge in [-0.15, -0.1) is 11.3 Å². The van der Waals surface area contributed by atoms with Crippen molar-refractivity contribution < 1.29 is 9.53 Å². The molecule has 0 saturated heterocycles. The lowest BCUT2D eigenvalue weighted by Crippen LogP contribution is -2.14. The highest BCUT2D eigenvalue weighted by Gasteiger charge is 2.25. The number of carbonyl (C=O) groups is 1. The number of hydrogen-bond donors (Lipinski definition) is 1. The minimum atomic E-state index is -0.297. The van der Waals surface area contributed by atoms with Crippen LogP contribution in [0.1, 0.15) is 46.6 Å². The van der Waals surface area contributed by atoms with E-state index in [1.807, 2.05) is 6.92 Å². The third kappa shape index (κ3) is 3.13. The van der Waals surface area contributed by atoms with Crippen LogP contribution in [0.3, 0.4) is 0 Å². The summed E-state index contributed by atoms with van der Waals surface area (Å²) in [5.41, 5.74) is 2.09. The second kappa shape index (κ2) is 7.02. The van der Waals surface area contributed by atoms with Gasteiger partial charge in [0, 0.05) is 11.1 Å². The van der Waals surface area contributed by atoms with Crippen LogP contribution in [0, 0.1) is 17.2 Å². The Hall–Kier alpha value is -2.39. The number of carbonyl (C=O) groups excluding carboxylic acids is 1. The van der Waals surface area contributed by atoms with Crippen LogP contribution in [0.5, 0.6) is 5.88 Å². The fraction of sp³-hybridized carbons (Fsp3) is 0.389. The van der Waals surface area contributed by atoms with E-state index in [0.717, 1.165) is 24.8 Å². The van der Waals surface area contributed by atoms with E-state index in [1.54, 1.807) is 18.3 Å². The highest BCUT2D eigenvalue weighted by molar-refractivity contribution is 7.16. The predicted octanol–water partition coefficient (Wildman–Crippen LogP) is 3.79. The van der Waals surface area contributed by atoms with Crippen LogP contribution >= 0.6 is 11.3 Å². The van der Waals surface area contributed by atoms with Gasteiger partial charge in [0.15, 0.2) is 0 Å². The van der Waals surface area contributed by atoms with Crippen LogP contribution in [0.4, 0.5) is 5.00 Å². The second-order valence-electron chi connectivity index (χ2n) is 5.91. The molecule has 24 heavy (non-hydrogen) atoms. The summed E-state index contributed by atoms with van der Waals surface area (Å²) in [5, 5.41) is 13.0. The van der Waals surface area contributed by atoms with Crippen molar-refractivity contribution in [3.63, 3.8) is 0 Å². The Morgan fingerprint density at radius 3 is 3.17 bits per heavy atom. The molecule has 0 saturated carbocycles. The number of aromatic nitrogens is 1. The standard InChI is InChI=1S/C18H19N3O2S/c1-3-23-17-13(5-4-8-20-17)16(22)21-18-14(10-19)12-7-6-11(2)9-15(12)24-18/h4-5,8,11H,3,6-7,9H2,1-2H3,(H,21,22)/t11-/m0/s1. The summed E-state index contributed by atoms with van der Waals surface area (Å²) in [6.07, 6.45) is 4.56. The molecule has 1 atom stereocenters. The Kier molecular flexibility index (Phi) is 4.81. The zero-order chi connectivity index (χ0) is 17.1. The summed E-state index contributed by atoms with van der Waals surface area (Å²) < 4.78 is 5.41. The molecule has 1 aliphatic carbocycles. The lowest BCUT2D eigenvalue weighted by atomic mass is 9.88. The van der Waals surface area contributed by atoms with Crippen molar-refractivity contribution in [1.29, 1.82) is 5.26 Å². The van der Waals surface area contributed by atoms with Crippen molar-refractivity contribution >= 4 is 22.2 Å². The van der Waals surface area contributed by atoms with Gasteiger partial charge in [0.25, 0.3) is 5.91 Å². The molecule has 0 fully saturated rings. The molecule has 2 aromatic heterocycles. The summed E-state index contributed by atoms with van der Waals surface area (Å²) in [4.78, 5) is 17.9. The largest absolute Gasteiger partial charge is 0.477 e. The van der Waals surface area contributed by atoms with E-state index >= 15 is 0 Å². The fourth-order valence-electron chi connectivity index (χ4n) is 2.94. The summed E-state index contributed by atoms with van der Waals surface area (Å²) in [7, 11) is 0. The quantitative estimate of drug-likeness (QED) is 0.918. The van der Waals surface area contributed by atoms with E-state index < -0.39 is 0 Å². The van der Waals surface area contributed by atoms with Gasteiger partial charge >= 0.3 is 0 Å². The van der Waals surface area contributed by atoms with Gasteiger partial charge in [-0.2, -0.15) is 5.26 Å². The first kappa shape index (κ1) is 16.5. The molecule has 0 unspecified atom stereocenters. The number of nitrogens with zero attached hydrogens (tertiary/aromatic N) is 2. The zero-order valence-corrected chi connectivity index (χ0v) is 14.6. The topological polar surface area (TPSA) is 75.0 Å². The van der Waals surface area contributed by atoms with E-state index in [9.17, 15) is 10.1 Å². The number of hydrogen-bond acceptors (Lipinski definition) is 5. The molecular formula is C18H19N3O2S. The van der Waals surface area contributed by atoms with Crippen molar-refractivity contribution in [3.8, 4) is 11.9 Å². The van der Waals surface area contributed by atoms with Gasteiger partial charge in [-0.05, 0) is 49.8 Å². The number of ether oxygens (including phenoxy) is 1. The van der Waals surface area contributed by atoms with Gasteiger partial charge in [0.05, 0.1) is 12.2 Å². The van der Waals surface area contributed by atoms with Gasteiger partial charge in [-0.3, -0.25) is 4.79 Å². The number of nitriles is 1. The van der Waals surface area contributed by atoms with E-state index in [4.69, 9.17) is 4.74 Å². The highest BCUT2D eigenvalue weighted by Crippen LogP contribution is 2.39. The SMILES string of the molecule is CCOc1ncccc1C(=O)Nc1sc2c(c1C#N)CC[C@H](C)C2. The molecule has 0 aromatic carbocycles. The van der Waals surface area contributed by atoms with E-state index in [2.05, 4.69) is 23.3 Å². The molecular weight excluding hydrogens is 322 g/mol. The van der Waals surface area contributed by atoms with Crippen LogP contribution in [-0.2, 0) is 12.8 Å². The van der Waals surface area contributed by atoms with Crippen molar-refractivity contribution in [3.05, 3.63) is 39.9 Å². The summed E-state index contributed by atoms with van der Waals surface area (Å²) in [6.45, 7) is 4.50. The van der Waals surface area contributed by atoms with E-state index in [-0.39, 0.29) is 5.91 Å². The predicted molar refractivity (Wildman–Crippen MR) is 93.6 cm³/mol. The average Bonchev–Trinajstić information content (AvgIpc) is 2.91. The molecule has 2 aromatic rings. The highest BCUT2D eigenvalue weighted by atomic mass is 32.1. The summed E-state index contributed by atoms with van der Waals surface area (Å²) in [5.74, 6) is 0.634. The molecule has 0 aliphatic heterocycles. The molecule has 2 heterocycles. The Labute approximate surface area is 145 Å². The van der Waals surface area contributed by atoms with E-state index in [0.29, 0.717) is 34.5 Å². The molecule has 1 amide bonds. The first-order valence-electron chi connectivity index (χ1n) is 8.07. The smallest absolute Gasteiger partial charge is 0.261 e. The maximum atomic E-state index is 12.6. The number of fused-ring (bicyclic) bond motifs is 1. The molecule has 6 heteroatoms. The Morgan fingerprint density at radius 1 is 1.58 bits per heavy atom. The summed E-state index contributed by atoms with van der Waals surface area (Å²) >= 11 is 1.52. The third-order valence-corrected chi connectivity index (χ3v) is 5.32. The van der Waals surface area contributed by atoms with Crippen LogP contribution in [0.2, 0.25) is 0 Å². The number of nitrogens with one attached hydrogen (secondary N) is 1. The van der Waals surface area contributed by atoms with Crippen LogP contribution in [0.15, 0.2) is 18.3 Å². The molecule has 1 N–H and O–H groups in total. The maximum absolute atomic E-state index is 12.6. The molecule has 0 radical (unpaired) electrons. The molecule has 0 spiro atoms. The van der Waals surface area contributed by atoms with Crippen LogP contribution in [-0.4, -0.2) is 17.5 Å². The number of pyridine rings is 1. The number of rotatable bonds is 4. The minimum absolute atomic E-state index is 0.297. The maximum Gasteiger partial charge on any atom is 0.261 e. The number of thiophene rings is 1. The molecule has 3 rings (SSSR count). The van der Waals surface area contributed by atoms with Gasteiger partial charge in [0.1, 0.15) is 16.6 Å². The monoisotopic (exact) mass is 341 g/mol. The Morgan fingerprint density at radius 2 is 2.42 bits per heavy atom. The zero-order valence-electron chi connectivity index (χ0n) is 13.8. The van der Waals surface area contributed by atoms with E-state index in [1.165, 1.54) is 16.2 Å². The molecule has 1 aliphatic rings. The Bertz CT molecular complexity index is 807. The number of anilines is 1. The first-order chi connectivity index (χ1) is 11.6.